The van der Waals surface area contributed by atoms with Crippen molar-refractivity contribution in [2.45, 2.75) is 12.5 Å². The van der Waals surface area contributed by atoms with Crippen LogP contribution in [0.4, 0.5) is 11.6 Å². The number of anilines is 2. The highest BCUT2D eigenvalue weighted by atomic mass is 35.5. The molecule has 0 fully saturated rings. The van der Waals surface area contributed by atoms with E-state index in [1.54, 1.807) is 23.5 Å². The number of hydrogen-bond donors (Lipinski definition) is 1. The average molecular weight is 560 g/mol. The highest BCUT2D eigenvalue weighted by Gasteiger charge is 2.34. The number of para-hydroxylation sites is 1. The molecule has 0 spiro atoms. The number of nitrogens with one attached hydrogen (secondary N) is 1. The Labute approximate surface area is 229 Å². The number of rotatable bonds is 6. The number of sulfonamides is 1. The van der Waals surface area contributed by atoms with Crippen molar-refractivity contribution in [1.82, 2.24) is 9.97 Å². The topological polar surface area (TPSA) is 87.5 Å². The highest BCUT2D eigenvalue weighted by molar-refractivity contribution is 7.92. The number of aromatic nitrogens is 2. The van der Waals surface area contributed by atoms with E-state index in [9.17, 15) is 8.42 Å². The fourth-order valence-corrected chi connectivity index (χ4v) is 6.15. The maximum Gasteiger partial charge on any atom is 0.247 e. The van der Waals surface area contributed by atoms with Crippen LogP contribution in [0.15, 0.2) is 95.4 Å². The van der Waals surface area contributed by atoms with Crippen LogP contribution in [0.2, 0.25) is 5.02 Å². The van der Waals surface area contributed by atoms with Crippen LogP contribution in [0.5, 0.6) is 0 Å². The SMILES string of the molecule is CS(=O)(=O)Nc1ccccc1C1=NN(c2nc(-c3ccccc3)c3cc(Cl)ccc3n2)[C@H](c2cccs2)C1. The molecule has 7 nitrogen and oxygen atoms in total. The molecule has 6 rings (SSSR count). The van der Waals surface area contributed by atoms with E-state index in [0.29, 0.717) is 23.1 Å². The molecule has 190 valence electrons. The fourth-order valence-electron chi connectivity index (χ4n) is 4.59. The number of halogens is 1. The standard InChI is InChI=1S/C28H22ClN5O2S2/c1-38(35,36)33-23-11-6-5-10-20(23)24-17-25(26-12-7-15-37-26)34(32-24)28-30-22-14-13-19(29)16-21(22)27(31-28)18-8-3-2-4-9-18/h2-16,25,33H,17H2,1H3/t25-/m0/s1. The average Bonchev–Trinajstić information content (AvgIpc) is 3.58. The zero-order valence-corrected chi connectivity index (χ0v) is 22.6. The monoisotopic (exact) mass is 559 g/mol. The molecule has 1 aliphatic rings. The van der Waals surface area contributed by atoms with Gasteiger partial charge in [0, 0.05) is 32.8 Å². The molecule has 10 heteroatoms. The Balaban J connectivity index is 1.53. The summed E-state index contributed by atoms with van der Waals surface area (Å²) in [6.07, 6.45) is 1.70. The molecule has 0 aliphatic carbocycles. The summed E-state index contributed by atoms with van der Waals surface area (Å²) in [5.74, 6) is 0.459. The number of nitrogens with zero attached hydrogens (tertiary/aromatic N) is 4. The Kier molecular flexibility index (Phi) is 6.35. The van der Waals surface area contributed by atoms with Crippen molar-refractivity contribution in [2.75, 3.05) is 16.0 Å². The van der Waals surface area contributed by atoms with Gasteiger partial charge in [-0.05, 0) is 35.7 Å². The molecule has 0 amide bonds. The van der Waals surface area contributed by atoms with E-state index in [1.165, 1.54) is 0 Å². The first-order chi connectivity index (χ1) is 18.4. The predicted molar refractivity (Wildman–Crippen MR) is 156 cm³/mol. The van der Waals surface area contributed by atoms with Crippen molar-refractivity contribution < 1.29 is 8.42 Å². The van der Waals surface area contributed by atoms with Crippen LogP contribution in [0.3, 0.4) is 0 Å². The number of hydrogen-bond acceptors (Lipinski definition) is 7. The Morgan fingerprint density at radius 1 is 0.974 bits per heavy atom. The summed E-state index contributed by atoms with van der Waals surface area (Å²) in [6, 6.07) is 26.7. The molecule has 0 saturated carbocycles. The molecule has 0 radical (unpaired) electrons. The smallest absolute Gasteiger partial charge is 0.247 e. The summed E-state index contributed by atoms with van der Waals surface area (Å²) >= 11 is 7.98. The van der Waals surface area contributed by atoms with Crippen LogP contribution >= 0.6 is 22.9 Å². The first kappa shape index (κ1) is 24.5. The van der Waals surface area contributed by atoms with Crippen LogP contribution < -0.4 is 9.73 Å². The van der Waals surface area contributed by atoms with Crippen LogP contribution in [-0.4, -0.2) is 30.4 Å². The summed E-state index contributed by atoms with van der Waals surface area (Å²) in [7, 11) is -3.47. The number of hydrazone groups is 1. The van der Waals surface area contributed by atoms with Crippen molar-refractivity contribution in [2.24, 2.45) is 5.10 Å². The van der Waals surface area contributed by atoms with Gasteiger partial charge in [0.15, 0.2) is 0 Å². The molecule has 0 saturated heterocycles. The van der Waals surface area contributed by atoms with Gasteiger partial charge in [0.05, 0.1) is 34.9 Å². The van der Waals surface area contributed by atoms with E-state index in [2.05, 4.69) is 10.8 Å². The van der Waals surface area contributed by atoms with Gasteiger partial charge in [-0.1, -0.05) is 66.2 Å². The number of fused-ring (bicyclic) bond motifs is 1. The predicted octanol–water partition coefficient (Wildman–Crippen LogP) is 6.74. The van der Waals surface area contributed by atoms with Crippen molar-refractivity contribution >= 4 is 61.2 Å². The van der Waals surface area contributed by atoms with Crippen molar-refractivity contribution in [3.63, 3.8) is 0 Å². The molecule has 1 N–H and O–H groups in total. The van der Waals surface area contributed by atoms with Gasteiger partial charge in [0.25, 0.3) is 0 Å². The van der Waals surface area contributed by atoms with E-state index in [0.717, 1.165) is 44.6 Å². The summed E-state index contributed by atoms with van der Waals surface area (Å²) in [4.78, 5) is 11.0. The van der Waals surface area contributed by atoms with Gasteiger partial charge in [0.1, 0.15) is 0 Å². The van der Waals surface area contributed by atoms with Gasteiger partial charge in [-0.2, -0.15) is 5.10 Å². The lowest BCUT2D eigenvalue weighted by atomic mass is 10.0. The lowest BCUT2D eigenvalue weighted by Crippen LogP contribution is -2.20. The first-order valence-electron chi connectivity index (χ1n) is 11.9. The lowest BCUT2D eigenvalue weighted by molar-refractivity contribution is 0.607. The molecule has 3 heterocycles. The number of thiophene rings is 1. The minimum atomic E-state index is -3.47. The van der Waals surface area contributed by atoms with Crippen molar-refractivity contribution in [1.29, 1.82) is 0 Å². The van der Waals surface area contributed by atoms with Crippen LogP contribution in [0.1, 0.15) is 22.9 Å². The van der Waals surface area contributed by atoms with Gasteiger partial charge < -0.3 is 0 Å². The minimum absolute atomic E-state index is 0.148. The molecule has 0 bridgehead atoms. The maximum absolute atomic E-state index is 12.0. The second-order valence-corrected chi connectivity index (χ2v) is 12.1. The fraction of sp³-hybridized carbons (Fsp3) is 0.107. The van der Waals surface area contributed by atoms with Crippen LogP contribution in [0, 0.1) is 0 Å². The van der Waals surface area contributed by atoms with Crippen LogP contribution in [0.25, 0.3) is 22.2 Å². The van der Waals surface area contributed by atoms with Crippen LogP contribution in [-0.2, 0) is 10.0 Å². The lowest BCUT2D eigenvalue weighted by Gasteiger charge is -2.21. The van der Waals surface area contributed by atoms with E-state index < -0.39 is 10.0 Å². The second kappa shape index (κ2) is 9.83. The molecule has 0 unspecified atom stereocenters. The maximum atomic E-state index is 12.0. The molecule has 5 aromatic rings. The summed E-state index contributed by atoms with van der Waals surface area (Å²) < 4.78 is 26.7. The minimum Gasteiger partial charge on any atom is -0.283 e. The Hall–Kier alpha value is -3.79. The van der Waals surface area contributed by atoms with E-state index >= 15 is 0 Å². The molecular formula is C28H22ClN5O2S2. The molecule has 1 atom stereocenters. The Morgan fingerprint density at radius 2 is 1.76 bits per heavy atom. The second-order valence-electron chi connectivity index (χ2n) is 8.95. The summed E-state index contributed by atoms with van der Waals surface area (Å²) in [5.41, 5.74) is 4.42. The Bertz CT molecular complexity index is 1770. The van der Waals surface area contributed by atoms with Crippen molar-refractivity contribution in [3.05, 3.63) is 106 Å². The number of benzene rings is 3. The molecule has 3 aromatic carbocycles. The zero-order chi connectivity index (χ0) is 26.3. The van der Waals surface area contributed by atoms with Gasteiger partial charge in [-0.25, -0.2) is 23.4 Å². The third-order valence-electron chi connectivity index (χ3n) is 6.21. The van der Waals surface area contributed by atoms with Gasteiger partial charge in [-0.15, -0.1) is 11.3 Å². The normalized spacial score (nSPS) is 15.6. The third kappa shape index (κ3) is 4.88. The molecule has 1 aliphatic heterocycles. The first-order valence-corrected chi connectivity index (χ1v) is 15.0. The van der Waals surface area contributed by atoms with E-state index in [4.69, 9.17) is 26.7 Å². The summed E-state index contributed by atoms with van der Waals surface area (Å²) in [5, 5.41) is 10.3. The Morgan fingerprint density at radius 3 is 2.53 bits per heavy atom. The van der Waals surface area contributed by atoms with Gasteiger partial charge in [-0.3, -0.25) is 4.72 Å². The van der Waals surface area contributed by atoms with E-state index in [1.807, 2.05) is 77.1 Å². The summed E-state index contributed by atoms with van der Waals surface area (Å²) in [6.45, 7) is 0. The van der Waals surface area contributed by atoms with E-state index in [-0.39, 0.29) is 6.04 Å². The zero-order valence-electron chi connectivity index (χ0n) is 20.2. The molecular weight excluding hydrogens is 538 g/mol. The van der Waals surface area contributed by atoms with Gasteiger partial charge in [0.2, 0.25) is 16.0 Å². The third-order valence-corrected chi connectivity index (χ3v) is 8.01. The highest BCUT2D eigenvalue weighted by Crippen LogP contribution is 2.40. The van der Waals surface area contributed by atoms with Gasteiger partial charge >= 0.3 is 0 Å². The molecule has 2 aromatic heterocycles. The molecule has 38 heavy (non-hydrogen) atoms. The largest absolute Gasteiger partial charge is 0.283 e. The quantitative estimate of drug-likeness (QED) is 0.249. The van der Waals surface area contributed by atoms with Crippen molar-refractivity contribution in [3.8, 4) is 11.3 Å².